The third-order valence-electron chi connectivity index (χ3n) is 4.11. The highest BCUT2D eigenvalue weighted by Gasteiger charge is 2.10. The molecule has 0 atom stereocenters. The van der Waals surface area contributed by atoms with Gasteiger partial charge in [0.2, 0.25) is 5.89 Å². The molecule has 0 saturated heterocycles. The monoisotopic (exact) mass is 331 g/mol. The van der Waals surface area contributed by atoms with Gasteiger partial charge in [-0.2, -0.15) is 0 Å². The summed E-state index contributed by atoms with van der Waals surface area (Å²) < 4.78 is 16.5. The predicted molar refractivity (Wildman–Crippen MR) is 98.0 cm³/mol. The fraction of sp³-hybridized carbons (Fsp3) is 0.0952. The van der Waals surface area contributed by atoms with Crippen LogP contribution in [0.3, 0.4) is 0 Å². The summed E-state index contributed by atoms with van der Waals surface area (Å²) in [4.78, 5) is 4.58. The van der Waals surface area contributed by atoms with Crippen LogP contribution in [0.25, 0.3) is 33.7 Å². The standard InChI is InChI=1S/C21H17NO3/c1-23-17-7-3-5-14(11-17)15-9-10-19-20(13-15)25-21(22-19)16-6-4-8-18(12-16)24-2/h3-13H,1-2H3. The van der Waals surface area contributed by atoms with Crippen molar-refractivity contribution in [3.63, 3.8) is 0 Å². The van der Waals surface area contributed by atoms with Crippen molar-refractivity contribution in [2.75, 3.05) is 14.2 Å². The zero-order valence-electron chi connectivity index (χ0n) is 14.0. The molecule has 4 aromatic rings. The van der Waals surface area contributed by atoms with Gasteiger partial charge in [0.25, 0.3) is 0 Å². The van der Waals surface area contributed by atoms with E-state index in [0.717, 1.165) is 39.3 Å². The number of aromatic nitrogens is 1. The average molecular weight is 331 g/mol. The largest absolute Gasteiger partial charge is 0.497 e. The van der Waals surface area contributed by atoms with Gasteiger partial charge in [0, 0.05) is 5.56 Å². The van der Waals surface area contributed by atoms with Gasteiger partial charge < -0.3 is 13.9 Å². The van der Waals surface area contributed by atoms with Gasteiger partial charge in [-0.05, 0) is 53.6 Å². The van der Waals surface area contributed by atoms with E-state index in [0.29, 0.717) is 5.89 Å². The maximum absolute atomic E-state index is 5.97. The molecule has 0 bridgehead atoms. The van der Waals surface area contributed by atoms with E-state index in [2.05, 4.69) is 4.98 Å². The molecular formula is C21H17NO3. The summed E-state index contributed by atoms with van der Waals surface area (Å²) in [6, 6.07) is 21.6. The van der Waals surface area contributed by atoms with Crippen LogP contribution in [0.2, 0.25) is 0 Å². The quantitative estimate of drug-likeness (QED) is 0.517. The second-order valence-electron chi connectivity index (χ2n) is 5.67. The third kappa shape index (κ3) is 2.94. The highest BCUT2D eigenvalue weighted by molar-refractivity contribution is 5.82. The van der Waals surface area contributed by atoms with E-state index in [9.17, 15) is 0 Å². The molecule has 0 fully saturated rings. The molecule has 0 amide bonds. The molecule has 25 heavy (non-hydrogen) atoms. The van der Waals surface area contributed by atoms with Crippen LogP contribution in [0, 0.1) is 0 Å². The maximum Gasteiger partial charge on any atom is 0.227 e. The smallest absolute Gasteiger partial charge is 0.227 e. The van der Waals surface area contributed by atoms with Crippen LogP contribution in [0.1, 0.15) is 0 Å². The lowest BCUT2D eigenvalue weighted by Gasteiger charge is -2.04. The van der Waals surface area contributed by atoms with E-state index in [1.165, 1.54) is 0 Å². The lowest BCUT2D eigenvalue weighted by Crippen LogP contribution is -1.83. The first-order valence-electron chi connectivity index (χ1n) is 7.96. The third-order valence-corrected chi connectivity index (χ3v) is 4.11. The van der Waals surface area contributed by atoms with Crippen molar-refractivity contribution in [2.24, 2.45) is 0 Å². The number of ether oxygens (including phenoxy) is 2. The van der Waals surface area contributed by atoms with E-state index < -0.39 is 0 Å². The number of methoxy groups -OCH3 is 2. The molecule has 0 spiro atoms. The molecule has 0 radical (unpaired) electrons. The van der Waals surface area contributed by atoms with E-state index in [1.807, 2.05) is 66.7 Å². The molecule has 1 aromatic heterocycles. The number of hydrogen-bond acceptors (Lipinski definition) is 4. The highest BCUT2D eigenvalue weighted by Crippen LogP contribution is 2.30. The topological polar surface area (TPSA) is 44.5 Å². The molecule has 0 aliphatic rings. The summed E-state index contributed by atoms with van der Waals surface area (Å²) in [5.41, 5.74) is 4.58. The Labute approximate surface area is 145 Å². The van der Waals surface area contributed by atoms with Crippen LogP contribution in [-0.2, 0) is 0 Å². The van der Waals surface area contributed by atoms with E-state index in [4.69, 9.17) is 13.9 Å². The fourth-order valence-corrected chi connectivity index (χ4v) is 2.79. The molecule has 1 heterocycles. The van der Waals surface area contributed by atoms with Gasteiger partial charge in [-0.15, -0.1) is 0 Å². The maximum atomic E-state index is 5.97. The van der Waals surface area contributed by atoms with Gasteiger partial charge in [0.05, 0.1) is 14.2 Å². The predicted octanol–water partition coefficient (Wildman–Crippen LogP) is 5.18. The Kier molecular flexibility index (Phi) is 3.86. The molecule has 0 N–H and O–H groups in total. The minimum Gasteiger partial charge on any atom is -0.497 e. The van der Waals surface area contributed by atoms with Crippen LogP contribution < -0.4 is 9.47 Å². The molecule has 124 valence electrons. The number of oxazole rings is 1. The molecule has 0 aliphatic heterocycles. The van der Waals surface area contributed by atoms with Gasteiger partial charge in [-0.25, -0.2) is 4.98 Å². The van der Waals surface area contributed by atoms with Gasteiger partial charge in [-0.1, -0.05) is 24.3 Å². The lowest BCUT2D eigenvalue weighted by atomic mass is 10.1. The number of fused-ring (bicyclic) bond motifs is 1. The minimum atomic E-state index is 0.580. The normalized spacial score (nSPS) is 10.8. The van der Waals surface area contributed by atoms with Crippen LogP contribution >= 0.6 is 0 Å². The number of hydrogen-bond donors (Lipinski definition) is 0. The van der Waals surface area contributed by atoms with Crippen molar-refractivity contribution in [1.29, 1.82) is 0 Å². The van der Waals surface area contributed by atoms with Crippen molar-refractivity contribution in [3.05, 3.63) is 66.7 Å². The first-order valence-corrected chi connectivity index (χ1v) is 7.96. The highest BCUT2D eigenvalue weighted by atomic mass is 16.5. The molecule has 0 saturated carbocycles. The molecule has 4 nitrogen and oxygen atoms in total. The molecule has 4 rings (SSSR count). The second kappa shape index (κ2) is 6.32. The Morgan fingerprint density at radius 3 is 2.08 bits per heavy atom. The van der Waals surface area contributed by atoms with Crippen molar-refractivity contribution in [1.82, 2.24) is 4.98 Å². The Hall–Kier alpha value is -3.27. The summed E-state index contributed by atoms with van der Waals surface area (Å²) >= 11 is 0. The van der Waals surface area contributed by atoms with E-state index in [-0.39, 0.29) is 0 Å². The van der Waals surface area contributed by atoms with Gasteiger partial charge in [0.15, 0.2) is 5.58 Å². The number of rotatable bonds is 4. The zero-order chi connectivity index (χ0) is 17.2. The summed E-state index contributed by atoms with van der Waals surface area (Å²) in [5, 5.41) is 0. The summed E-state index contributed by atoms with van der Waals surface area (Å²) in [6.45, 7) is 0. The summed E-state index contributed by atoms with van der Waals surface area (Å²) in [5.74, 6) is 2.18. The van der Waals surface area contributed by atoms with Gasteiger partial charge in [0.1, 0.15) is 17.0 Å². The van der Waals surface area contributed by atoms with Gasteiger partial charge in [-0.3, -0.25) is 0 Å². The van der Waals surface area contributed by atoms with Crippen molar-refractivity contribution >= 4 is 11.1 Å². The Morgan fingerprint density at radius 1 is 0.720 bits per heavy atom. The summed E-state index contributed by atoms with van der Waals surface area (Å²) in [6.07, 6.45) is 0. The first-order chi connectivity index (χ1) is 12.3. The van der Waals surface area contributed by atoms with Crippen LogP contribution in [-0.4, -0.2) is 19.2 Å². The molecule has 0 unspecified atom stereocenters. The van der Waals surface area contributed by atoms with Crippen molar-refractivity contribution < 1.29 is 13.9 Å². The average Bonchev–Trinajstić information content (AvgIpc) is 3.11. The second-order valence-corrected chi connectivity index (χ2v) is 5.67. The number of benzene rings is 3. The first kappa shape index (κ1) is 15.3. The molecule has 0 aliphatic carbocycles. The van der Waals surface area contributed by atoms with Crippen molar-refractivity contribution in [3.8, 4) is 34.1 Å². The molecular weight excluding hydrogens is 314 g/mol. The summed E-state index contributed by atoms with van der Waals surface area (Å²) in [7, 11) is 3.31. The van der Waals surface area contributed by atoms with E-state index in [1.54, 1.807) is 14.2 Å². The number of nitrogens with zero attached hydrogens (tertiary/aromatic N) is 1. The van der Waals surface area contributed by atoms with Crippen LogP contribution in [0.4, 0.5) is 0 Å². The Bertz CT molecular complexity index is 991. The van der Waals surface area contributed by atoms with Crippen LogP contribution in [0.15, 0.2) is 71.1 Å². The molecule has 3 aromatic carbocycles. The Balaban J connectivity index is 1.76. The minimum absolute atomic E-state index is 0.580. The van der Waals surface area contributed by atoms with E-state index >= 15 is 0 Å². The van der Waals surface area contributed by atoms with Crippen molar-refractivity contribution in [2.45, 2.75) is 0 Å². The SMILES string of the molecule is COc1cccc(-c2ccc3nc(-c4cccc(OC)c4)oc3c2)c1. The fourth-order valence-electron chi connectivity index (χ4n) is 2.79. The molecule has 4 heteroatoms. The van der Waals surface area contributed by atoms with Gasteiger partial charge >= 0.3 is 0 Å². The van der Waals surface area contributed by atoms with Crippen LogP contribution in [0.5, 0.6) is 11.5 Å². The zero-order valence-corrected chi connectivity index (χ0v) is 14.0. The Morgan fingerprint density at radius 2 is 1.36 bits per heavy atom. The lowest BCUT2D eigenvalue weighted by molar-refractivity contribution is 0.415.